The lowest BCUT2D eigenvalue weighted by atomic mass is 9.88. The standard InChI is InChI=1S/C31H45N3O7S/c1-5-7-13-31(6-2)20-42(4,40)26-14-22(18-33-27(35)19-32-23(15-28(36)37)16-29(38)39)25(41-3)17-24(26)30(34-31)21-11-9-8-10-12-21/h8-12,14,17,23,30,32,34,42H,5-7,13,15-16,18-20H2,1-4H3,(H,33,35)(H,36,37)(H,38,39)/t30-,31-/m1/s1. The number of hydrogen-bond donors (Lipinski definition) is 6. The van der Waals surface area contributed by atoms with Gasteiger partial charge in [0.2, 0.25) is 5.91 Å². The lowest BCUT2D eigenvalue weighted by molar-refractivity contribution is -0.140. The number of unbranched alkanes of at least 4 members (excludes halogenated alkanes) is 1. The molecule has 0 fully saturated rings. The van der Waals surface area contributed by atoms with Crippen LogP contribution < -0.4 is 20.7 Å². The Hall–Kier alpha value is -3.28. The van der Waals surface area contributed by atoms with Gasteiger partial charge >= 0.3 is 11.9 Å². The molecule has 2 aromatic rings. The van der Waals surface area contributed by atoms with Gasteiger partial charge in [0.05, 0.1) is 32.5 Å². The molecule has 5 N–H and O–H groups in total. The number of carbonyl (C=O) groups is 3. The summed E-state index contributed by atoms with van der Waals surface area (Å²) >= 11 is 0. The fourth-order valence-electron chi connectivity index (χ4n) is 5.79. The minimum Gasteiger partial charge on any atom is -0.496 e. The third kappa shape index (κ3) is 8.62. The van der Waals surface area contributed by atoms with Crippen LogP contribution in [0.15, 0.2) is 47.4 Å². The first-order valence-corrected chi connectivity index (χ1v) is 16.8. The van der Waals surface area contributed by atoms with Crippen LogP contribution in [-0.4, -0.2) is 69.5 Å². The summed E-state index contributed by atoms with van der Waals surface area (Å²) < 4.78 is 20.3. The zero-order valence-electron chi connectivity index (χ0n) is 24.9. The Morgan fingerprint density at radius 1 is 1.12 bits per heavy atom. The van der Waals surface area contributed by atoms with Crippen LogP contribution in [0.4, 0.5) is 0 Å². The van der Waals surface area contributed by atoms with Crippen LogP contribution in [0.2, 0.25) is 0 Å². The summed E-state index contributed by atoms with van der Waals surface area (Å²) in [5.41, 5.74) is 2.33. The molecule has 2 atom stereocenters. The SMILES string of the molecule is CCCC[C@]1(CC)C[SH](C)(=O)c2cc(CNC(=O)CNC(CC(=O)O)CC(=O)O)c(OC)cc2[C@@H](c2ccccc2)N1. The second kappa shape index (κ2) is 14.8. The highest BCUT2D eigenvalue weighted by Gasteiger charge is 2.40. The van der Waals surface area contributed by atoms with Crippen LogP contribution in [0.25, 0.3) is 0 Å². The Labute approximate surface area is 249 Å². The van der Waals surface area contributed by atoms with Crippen molar-refractivity contribution in [3.63, 3.8) is 0 Å². The van der Waals surface area contributed by atoms with E-state index in [9.17, 15) is 18.6 Å². The number of hydrogen-bond acceptors (Lipinski definition) is 7. The summed E-state index contributed by atoms with van der Waals surface area (Å²) in [6.45, 7) is 4.15. The van der Waals surface area contributed by atoms with E-state index in [0.29, 0.717) is 17.1 Å². The molecule has 1 heterocycles. The second-order valence-corrected chi connectivity index (χ2v) is 14.3. The van der Waals surface area contributed by atoms with Gasteiger partial charge in [-0.2, -0.15) is 0 Å². The van der Waals surface area contributed by atoms with E-state index in [4.69, 9.17) is 14.9 Å². The van der Waals surface area contributed by atoms with Crippen molar-refractivity contribution in [2.75, 3.05) is 25.7 Å². The molecule has 1 aliphatic rings. The van der Waals surface area contributed by atoms with Gasteiger partial charge in [-0.3, -0.25) is 23.9 Å². The largest absolute Gasteiger partial charge is 0.496 e. The van der Waals surface area contributed by atoms with Crippen molar-refractivity contribution < 1.29 is 33.5 Å². The molecule has 0 aliphatic carbocycles. The lowest BCUT2D eigenvalue weighted by Crippen LogP contribution is -2.50. The average molecular weight is 604 g/mol. The molecule has 11 heteroatoms. The summed E-state index contributed by atoms with van der Waals surface area (Å²) in [6, 6.07) is 12.9. The number of aliphatic carboxylic acids is 2. The third-order valence-electron chi connectivity index (χ3n) is 7.99. The van der Waals surface area contributed by atoms with Crippen LogP contribution in [0.3, 0.4) is 0 Å². The molecular weight excluding hydrogens is 558 g/mol. The molecule has 3 rings (SSSR count). The first-order chi connectivity index (χ1) is 19.9. The third-order valence-corrected chi connectivity index (χ3v) is 10.6. The van der Waals surface area contributed by atoms with Crippen molar-refractivity contribution in [3.8, 4) is 5.75 Å². The van der Waals surface area contributed by atoms with Crippen molar-refractivity contribution in [2.24, 2.45) is 0 Å². The monoisotopic (exact) mass is 603 g/mol. The van der Waals surface area contributed by atoms with Crippen LogP contribution in [0, 0.1) is 0 Å². The zero-order valence-corrected chi connectivity index (χ0v) is 25.8. The van der Waals surface area contributed by atoms with Crippen LogP contribution in [-0.2, 0) is 30.9 Å². The number of thiol groups is 1. The maximum absolute atomic E-state index is 14.6. The van der Waals surface area contributed by atoms with Crippen molar-refractivity contribution >= 4 is 27.8 Å². The predicted molar refractivity (Wildman–Crippen MR) is 164 cm³/mol. The maximum Gasteiger partial charge on any atom is 0.304 e. The molecule has 0 radical (unpaired) electrons. The van der Waals surface area contributed by atoms with Gasteiger partial charge in [-0.15, -0.1) is 0 Å². The number of amides is 1. The van der Waals surface area contributed by atoms with E-state index in [0.717, 1.165) is 41.7 Å². The Bertz CT molecular complexity index is 1290. The molecule has 42 heavy (non-hydrogen) atoms. The minimum absolute atomic E-state index is 0.0949. The highest BCUT2D eigenvalue weighted by molar-refractivity contribution is 8.02. The molecule has 0 saturated carbocycles. The Morgan fingerprint density at radius 3 is 2.36 bits per heavy atom. The van der Waals surface area contributed by atoms with Gasteiger partial charge in [0.15, 0.2) is 0 Å². The average Bonchev–Trinajstić information content (AvgIpc) is 3.04. The Balaban J connectivity index is 1.93. The zero-order chi connectivity index (χ0) is 30.9. The molecule has 0 unspecified atom stereocenters. The lowest BCUT2D eigenvalue weighted by Gasteiger charge is -2.38. The van der Waals surface area contributed by atoms with E-state index in [1.54, 1.807) is 7.11 Å². The van der Waals surface area contributed by atoms with Gasteiger partial charge in [-0.25, -0.2) is 0 Å². The molecule has 2 aromatic carbocycles. The molecule has 10 nitrogen and oxygen atoms in total. The van der Waals surface area contributed by atoms with Crippen molar-refractivity contribution in [1.82, 2.24) is 16.0 Å². The number of fused-ring (bicyclic) bond motifs is 1. The van der Waals surface area contributed by atoms with E-state index >= 15 is 0 Å². The number of carbonyl (C=O) groups excluding carboxylic acids is 1. The van der Waals surface area contributed by atoms with E-state index in [1.165, 1.54) is 0 Å². The normalized spacial score (nSPS) is 20.3. The summed E-state index contributed by atoms with van der Waals surface area (Å²) in [7, 11) is -1.31. The second-order valence-electron chi connectivity index (χ2n) is 11.3. The van der Waals surface area contributed by atoms with Gasteiger partial charge < -0.3 is 25.6 Å². The molecule has 0 bridgehead atoms. The number of rotatable bonds is 15. The number of carboxylic acid groups (broad SMARTS) is 2. The van der Waals surface area contributed by atoms with Crippen molar-refractivity contribution in [3.05, 3.63) is 59.2 Å². The van der Waals surface area contributed by atoms with Crippen LogP contribution in [0.5, 0.6) is 5.75 Å². The highest BCUT2D eigenvalue weighted by Crippen LogP contribution is 2.42. The summed E-state index contributed by atoms with van der Waals surface area (Å²) in [4.78, 5) is 35.5. The molecule has 1 amide bonds. The number of ether oxygens (including phenoxy) is 1. The molecule has 232 valence electrons. The number of methoxy groups -OCH3 is 1. The van der Waals surface area contributed by atoms with Gasteiger partial charge in [-0.1, -0.05) is 67.0 Å². The number of benzene rings is 2. The number of nitrogens with one attached hydrogen (secondary N) is 3. The molecular formula is C31H45N3O7S. The molecule has 0 spiro atoms. The van der Waals surface area contributed by atoms with Gasteiger partial charge in [-0.05, 0) is 42.4 Å². The minimum atomic E-state index is -2.87. The first kappa shape index (κ1) is 33.2. The van der Waals surface area contributed by atoms with Crippen molar-refractivity contribution in [2.45, 2.75) is 81.4 Å². The Morgan fingerprint density at radius 2 is 1.79 bits per heavy atom. The smallest absolute Gasteiger partial charge is 0.304 e. The van der Waals surface area contributed by atoms with E-state index in [2.05, 4.69) is 41.9 Å². The topological polar surface area (TPSA) is 154 Å². The summed E-state index contributed by atoms with van der Waals surface area (Å²) in [5.74, 6) is -1.67. The van der Waals surface area contributed by atoms with E-state index in [-0.39, 0.29) is 24.7 Å². The number of carboxylic acids is 2. The Kier molecular flexibility index (Phi) is 11.7. The summed E-state index contributed by atoms with van der Waals surface area (Å²) in [5, 5.41) is 27.5. The quantitative estimate of drug-likeness (QED) is 0.168. The van der Waals surface area contributed by atoms with E-state index in [1.807, 2.05) is 36.6 Å². The molecule has 1 aliphatic heterocycles. The molecule has 0 aromatic heterocycles. The molecule has 0 saturated heterocycles. The van der Waals surface area contributed by atoms with Crippen molar-refractivity contribution in [1.29, 1.82) is 0 Å². The predicted octanol–water partition coefficient (Wildman–Crippen LogP) is 3.26. The van der Waals surface area contributed by atoms with Crippen LogP contribution >= 0.6 is 0 Å². The van der Waals surface area contributed by atoms with Gasteiger partial charge in [0.1, 0.15) is 5.75 Å². The highest BCUT2D eigenvalue weighted by atomic mass is 32.2. The fraction of sp³-hybridized carbons (Fsp3) is 0.516. The van der Waals surface area contributed by atoms with Gasteiger partial charge in [0, 0.05) is 34.3 Å². The van der Waals surface area contributed by atoms with Gasteiger partial charge in [0.25, 0.3) is 0 Å². The maximum atomic E-state index is 14.6. The summed E-state index contributed by atoms with van der Waals surface area (Å²) in [6.07, 6.45) is 4.82. The first-order valence-electron chi connectivity index (χ1n) is 14.5. The fourth-order valence-corrected chi connectivity index (χ4v) is 8.75. The van der Waals surface area contributed by atoms with Crippen LogP contribution in [0.1, 0.15) is 75.1 Å². The van der Waals surface area contributed by atoms with E-state index < -0.39 is 46.7 Å².